The molecule has 1 N–H and O–H groups in total. The van der Waals surface area contributed by atoms with Crippen molar-refractivity contribution >= 4 is 18.5 Å². The van der Waals surface area contributed by atoms with Crippen molar-refractivity contribution in [2.75, 3.05) is 0 Å². The van der Waals surface area contributed by atoms with E-state index in [0.29, 0.717) is 5.92 Å². The van der Waals surface area contributed by atoms with Crippen LogP contribution in [0.4, 0.5) is 0 Å². The highest BCUT2D eigenvalue weighted by atomic mass is 14.7. The van der Waals surface area contributed by atoms with Crippen LogP contribution in [0.3, 0.4) is 0 Å². The second kappa shape index (κ2) is 2.38. The number of aromatic amines is 1. The van der Waals surface area contributed by atoms with E-state index in [4.69, 9.17) is 0 Å². The Morgan fingerprint density at radius 1 is 1.55 bits per heavy atom. The lowest BCUT2D eigenvalue weighted by molar-refractivity contribution is 1.09. The second-order valence-corrected chi connectivity index (χ2v) is 2.80. The van der Waals surface area contributed by atoms with Crippen LogP contribution in [0.5, 0.6) is 0 Å². The van der Waals surface area contributed by atoms with Crippen molar-refractivity contribution in [1.82, 2.24) is 4.98 Å². The molecule has 2 rings (SSSR count). The summed E-state index contributed by atoms with van der Waals surface area (Å²) in [6.07, 6.45) is 7.92. The number of hydrogen-bond donors (Lipinski definition) is 1. The maximum atomic E-state index is 4.15. The van der Waals surface area contributed by atoms with Crippen LogP contribution in [0.2, 0.25) is 0 Å². The van der Waals surface area contributed by atoms with E-state index >= 15 is 0 Å². The quantitative estimate of drug-likeness (QED) is 0.543. The van der Waals surface area contributed by atoms with Gasteiger partial charge in [0.2, 0.25) is 0 Å². The number of fused-ring (bicyclic) bond motifs is 1. The van der Waals surface area contributed by atoms with E-state index < -0.39 is 0 Å². The molecule has 1 unspecified atom stereocenters. The lowest BCUT2D eigenvalue weighted by atomic mass is 10.2. The minimum absolute atomic E-state index is 0.434. The lowest BCUT2D eigenvalue weighted by Gasteiger charge is -1.90. The molecule has 1 aliphatic heterocycles. The largest absolute Gasteiger partial charge is 0.360 e. The molecule has 2 heteroatoms. The van der Waals surface area contributed by atoms with Crippen molar-refractivity contribution < 1.29 is 0 Å². The molecule has 0 aliphatic carbocycles. The Labute approximate surface area is 65.0 Å². The van der Waals surface area contributed by atoms with Gasteiger partial charge in [0, 0.05) is 18.3 Å². The zero-order chi connectivity index (χ0) is 7.68. The van der Waals surface area contributed by atoms with E-state index in [1.165, 1.54) is 5.22 Å². The molecule has 1 aliphatic rings. The SMILES string of the molecule is CC1C=NC=c2[nH]ccc2=C1. The number of H-pyrrole nitrogens is 1. The fourth-order valence-corrected chi connectivity index (χ4v) is 1.23. The molecule has 1 atom stereocenters. The van der Waals surface area contributed by atoms with Gasteiger partial charge in [0.15, 0.2) is 0 Å². The van der Waals surface area contributed by atoms with Gasteiger partial charge in [0.1, 0.15) is 0 Å². The zero-order valence-electron chi connectivity index (χ0n) is 6.41. The molecule has 0 spiro atoms. The first-order chi connectivity index (χ1) is 5.36. The van der Waals surface area contributed by atoms with Crippen molar-refractivity contribution in [1.29, 1.82) is 0 Å². The lowest BCUT2D eigenvalue weighted by Crippen LogP contribution is -2.21. The molecule has 0 fully saturated rings. The second-order valence-electron chi connectivity index (χ2n) is 2.80. The first-order valence-electron chi connectivity index (χ1n) is 3.75. The Bertz CT molecular complexity index is 384. The zero-order valence-corrected chi connectivity index (χ0v) is 6.41. The summed E-state index contributed by atoms with van der Waals surface area (Å²) in [5.41, 5.74) is 0. The van der Waals surface area contributed by atoms with Gasteiger partial charge in [0.05, 0.1) is 11.5 Å². The monoisotopic (exact) mass is 146 g/mol. The summed E-state index contributed by atoms with van der Waals surface area (Å²) in [7, 11) is 0. The van der Waals surface area contributed by atoms with E-state index in [0.717, 1.165) is 5.35 Å². The highest BCUT2D eigenvalue weighted by Crippen LogP contribution is 1.93. The van der Waals surface area contributed by atoms with Crippen molar-refractivity contribution in [2.45, 2.75) is 6.92 Å². The first-order valence-corrected chi connectivity index (χ1v) is 3.75. The van der Waals surface area contributed by atoms with Gasteiger partial charge >= 0.3 is 0 Å². The van der Waals surface area contributed by atoms with Gasteiger partial charge in [0.25, 0.3) is 0 Å². The molecule has 0 radical (unpaired) electrons. The average Bonchev–Trinajstić information content (AvgIpc) is 2.31. The minimum atomic E-state index is 0.434. The van der Waals surface area contributed by atoms with Crippen molar-refractivity contribution in [3.05, 3.63) is 22.8 Å². The number of nitrogens with zero attached hydrogens (tertiary/aromatic N) is 1. The highest BCUT2D eigenvalue weighted by molar-refractivity contribution is 5.72. The Balaban J connectivity index is 2.74. The van der Waals surface area contributed by atoms with Crippen LogP contribution in [0, 0.1) is 5.92 Å². The van der Waals surface area contributed by atoms with Gasteiger partial charge in [-0.3, -0.25) is 4.99 Å². The van der Waals surface area contributed by atoms with Gasteiger partial charge < -0.3 is 4.98 Å². The van der Waals surface area contributed by atoms with E-state index in [1.54, 1.807) is 0 Å². The third-order valence-electron chi connectivity index (χ3n) is 1.78. The highest BCUT2D eigenvalue weighted by Gasteiger charge is 1.95. The molecular formula is C9H10N2. The summed E-state index contributed by atoms with van der Waals surface area (Å²) < 4.78 is 0. The van der Waals surface area contributed by atoms with Gasteiger partial charge in [-0.05, 0) is 11.3 Å². The summed E-state index contributed by atoms with van der Waals surface area (Å²) >= 11 is 0. The molecule has 2 nitrogen and oxygen atoms in total. The summed E-state index contributed by atoms with van der Waals surface area (Å²) in [5, 5.41) is 2.35. The maximum Gasteiger partial charge on any atom is 0.0636 e. The number of aliphatic imine (C=N–C) groups is 1. The van der Waals surface area contributed by atoms with Crippen LogP contribution >= 0.6 is 0 Å². The minimum Gasteiger partial charge on any atom is -0.360 e. The molecule has 0 saturated carbocycles. The Hall–Kier alpha value is -1.31. The molecule has 1 aromatic heterocycles. The third kappa shape index (κ3) is 1.11. The van der Waals surface area contributed by atoms with Gasteiger partial charge in [-0.1, -0.05) is 13.0 Å². The molecule has 0 bridgehead atoms. The molecule has 56 valence electrons. The maximum absolute atomic E-state index is 4.15. The van der Waals surface area contributed by atoms with Gasteiger partial charge in [-0.15, -0.1) is 0 Å². The molecular weight excluding hydrogens is 136 g/mol. The van der Waals surface area contributed by atoms with E-state index in [-0.39, 0.29) is 0 Å². The number of nitrogens with one attached hydrogen (secondary N) is 1. The van der Waals surface area contributed by atoms with E-state index in [2.05, 4.69) is 29.0 Å². The first kappa shape index (κ1) is 6.40. The van der Waals surface area contributed by atoms with Crippen molar-refractivity contribution in [3.63, 3.8) is 0 Å². The number of hydrogen-bond acceptors (Lipinski definition) is 1. The number of rotatable bonds is 0. The summed E-state index contributed by atoms with van der Waals surface area (Å²) in [6, 6.07) is 2.07. The molecule has 11 heavy (non-hydrogen) atoms. The van der Waals surface area contributed by atoms with E-state index in [1.807, 2.05) is 18.6 Å². The molecule has 1 aromatic rings. The van der Waals surface area contributed by atoms with Crippen molar-refractivity contribution in [3.8, 4) is 0 Å². The van der Waals surface area contributed by atoms with Gasteiger partial charge in [-0.2, -0.15) is 0 Å². The molecule has 0 saturated heterocycles. The summed E-state index contributed by atoms with van der Waals surface area (Å²) in [5.74, 6) is 0.434. The third-order valence-corrected chi connectivity index (χ3v) is 1.78. The van der Waals surface area contributed by atoms with E-state index in [9.17, 15) is 0 Å². The smallest absolute Gasteiger partial charge is 0.0636 e. The Kier molecular flexibility index (Phi) is 1.39. The van der Waals surface area contributed by atoms with Crippen LogP contribution in [0.25, 0.3) is 12.3 Å². The Morgan fingerprint density at radius 2 is 2.45 bits per heavy atom. The average molecular weight is 146 g/mol. The summed E-state index contributed by atoms with van der Waals surface area (Å²) in [4.78, 5) is 7.27. The predicted molar refractivity (Wildman–Crippen MR) is 46.6 cm³/mol. The Morgan fingerprint density at radius 3 is 3.36 bits per heavy atom. The molecule has 0 amide bonds. The normalized spacial score (nSPS) is 21.4. The van der Waals surface area contributed by atoms with Crippen LogP contribution in [-0.4, -0.2) is 11.2 Å². The van der Waals surface area contributed by atoms with Crippen LogP contribution in [-0.2, 0) is 0 Å². The standard InChI is InChI=1S/C9H10N2/c1-7-4-8-2-3-11-9(8)6-10-5-7/h2-7,11H,1H3. The van der Waals surface area contributed by atoms with Crippen LogP contribution in [0.15, 0.2) is 17.3 Å². The number of aromatic nitrogens is 1. The molecule has 2 heterocycles. The van der Waals surface area contributed by atoms with Crippen LogP contribution in [0.1, 0.15) is 6.92 Å². The summed E-state index contributed by atoms with van der Waals surface area (Å²) in [6.45, 7) is 2.12. The fourth-order valence-electron chi connectivity index (χ4n) is 1.23. The van der Waals surface area contributed by atoms with Crippen molar-refractivity contribution in [2.24, 2.45) is 10.9 Å². The molecule has 0 aromatic carbocycles. The van der Waals surface area contributed by atoms with Gasteiger partial charge in [-0.25, -0.2) is 0 Å². The topological polar surface area (TPSA) is 28.1 Å². The fraction of sp³-hybridized carbons (Fsp3) is 0.222. The van der Waals surface area contributed by atoms with Crippen LogP contribution < -0.4 is 10.6 Å². The predicted octanol–water partition coefficient (Wildman–Crippen LogP) is 0.254.